The van der Waals surface area contributed by atoms with Gasteiger partial charge in [0.15, 0.2) is 0 Å². The monoisotopic (exact) mass is 337 g/mol. The smallest absolute Gasteiger partial charge is 0.234 e. The first-order chi connectivity index (χ1) is 12.1. The maximum absolute atomic E-state index is 12.3. The minimum atomic E-state index is 0.0435. The van der Waals surface area contributed by atoms with Crippen molar-refractivity contribution < 1.29 is 4.79 Å². The fourth-order valence-electron chi connectivity index (χ4n) is 3.38. The molecule has 0 bridgehead atoms. The first kappa shape index (κ1) is 17.5. The Morgan fingerprint density at radius 1 is 1.00 bits per heavy atom. The van der Waals surface area contributed by atoms with Crippen molar-refractivity contribution in [3.63, 3.8) is 0 Å². The molecule has 0 unspecified atom stereocenters. The molecule has 1 aliphatic heterocycles. The highest BCUT2D eigenvalue weighted by Crippen LogP contribution is 2.20. The van der Waals surface area contributed by atoms with Gasteiger partial charge in [-0.2, -0.15) is 0 Å². The average molecular weight is 337 g/mol. The number of para-hydroxylation sites is 1. The Hall–Kier alpha value is -2.33. The van der Waals surface area contributed by atoms with E-state index in [2.05, 4.69) is 46.3 Å². The number of piperazine rings is 1. The molecule has 2 aromatic rings. The van der Waals surface area contributed by atoms with E-state index in [1.165, 1.54) is 11.3 Å². The number of carbonyl (C=O) groups excluding carboxylic acids is 1. The molecule has 0 radical (unpaired) electrons. The second-order valence-corrected chi connectivity index (χ2v) is 6.75. The summed E-state index contributed by atoms with van der Waals surface area (Å²) in [6, 6.07) is 18.6. The molecule has 0 aliphatic carbocycles. The molecule has 3 rings (SSSR count). The molecule has 1 atom stereocenters. The fourth-order valence-corrected chi connectivity index (χ4v) is 3.38. The number of amides is 1. The van der Waals surface area contributed by atoms with Crippen molar-refractivity contribution in [2.75, 3.05) is 37.6 Å². The zero-order chi connectivity index (χ0) is 17.6. The van der Waals surface area contributed by atoms with Gasteiger partial charge in [0.05, 0.1) is 12.6 Å². The molecule has 25 heavy (non-hydrogen) atoms. The predicted octanol–water partition coefficient (Wildman–Crippen LogP) is 2.99. The summed E-state index contributed by atoms with van der Waals surface area (Å²) < 4.78 is 0. The topological polar surface area (TPSA) is 35.6 Å². The van der Waals surface area contributed by atoms with Gasteiger partial charge >= 0.3 is 0 Å². The van der Waals surface area contributed by atoms with Crippen LogP contribution < -0.4 is 10.2 Å². The van der Waals surface area contributed by atoms with Crippen LogP contribution in [0.5, 0.6) is 0 Å². The van der Waals surface area contributed by atoms with Gasteiger partial charge in [-0.25, -0.2) is 0 Å². The lowest BCUT2D eigenvalue weighted by atomic mass is 10.1. The maximum atomic E-state index is 12.3. The number of nitrogens with zero attached hydrogens (tertiary/aromatic N) is 2. The minimum absolute atomic E-state index is 0.0435. The molecule has 4 nitrogen and oxygen atoms in total. The van der Waals surface area contributed by atoms with Gasteiger partial charge in [0.1, 0.15) is 0 Å². The summed E-state index contributed by atoms with van der Waals surface area (Å²) in [7, 11) is 0. The summed E-state index contributed by atoms with van der Waals surface area (Å²) in [5.74, 6) is 0.0979. The van der Waals surface area contributed by atoms with Gasteiger partial charge in [-0.3, -0.25) is 9.69 Å². The van der Waals surface area contributed by atoms with Gasteiger partial charge in [-0.15, -0.1) is 0 Å². The lowest BCUT2D eigenvalue weighted by molar-refractivity contribution is -0.123. The summed E-state index contributed by atoms with van der Waals surface area (Å²) >= 11 is 0. The van der Waals surface area contributed by atoms with Gasteiger partial charge in [-0.05, 0) is 31.0 Å². The van der Waals surface area contributed by atoms with Crippen LogP contribution in [0.15, 0.2) is 54.6 Å². The number of carbonyl (C=O) groups is 1. The molecular weight excluding hydrogens is 310 g/mol. The van der Waals surface area contributed by atoms with Crippen LogP contribution in [0.1, 0.15) is 24.1 Å². The van der Waals surface area contributed by atoms with Gasteiger partial charge < -0.3 is 10.2 Å². The molecule has 132 valence electrons. The third-order valence-corrected chi connectivity index (χ3v) is 4.87. The standard InChI is InChI=1S/C21H27N3O/c1-17-8-6-7-11-20(17)24-14-12-23(13-15-24)16-21(25)22-18(2)19-9-4-3-5-10-19/h3-11,18H,12-16H2,1-2H3,(H,22,25)/t18-/m1/s1. The first-order valence-electron chi connectivity index (χ1n) is 9.01. The molecule has 1 fully saturated rings. The largest absolute Gasteiger partial charge is 0.369 e. The van der Waals surface area contributed by atoms with Crippen LogP contribution in [-0.2, 0) is 4.79 Å². The second-order valence-electron chi connectivity index (χ2n) is 6.75. The molecule has 0 spiro atoms. The van der Waals surface area contributed by atoms with Crippen molar-refractivity contribution in [3.05, 3.63) is 65.7 Å². The maximum Gasteiger partial charge on any atom is 0.234 e. The fraction of sp³-hybridized carbons (Fsp3) is 0.381. The average Bonchev–Trinajstić information content (AvgIpc) is 2.63. The lowest BCUT2D eigenvalue weighted by Crippen LogP contribution is -2.49. The number of aryl methyl sites for hydroxylation is 1. The summed E-state index contributed by atoms with van der Waals surface area (Å²) in [5.41, 5.74) is 3.76. The number of anilines is 1. The zero-order valence-corrected chi connectivity index (χ0v) is 15.1. The van der Waals surface area contributed by atoms with E-state index >= 15 is 0 Å². The van der Waals surface area contributed by atoms with Crippen molar-refractivity contribution >= 4 is 11.6 Å². The van der Waals surface area contributed by atoms with Crippen LogP contribution in [-0.4, -0.2) is 43.5 Å². The van der Waals surface area contributed by atoms with Crippen LogP contribution in [0.3, 0.4) is 0 Å². The van der Waals surface area contributed by atoms with Crippen molar-refractivity contribution in [2.45, 2.75) is 19.9 Å². The summed E-state index contributed by atoms with van der Waals surface area (Å²) in [6.45, 7) is 8.42. The number of benzene rings is 2. The van der Waals surface area contributed by atoms with E-state index in [9.17, 15) is 4.79 Å². The Morgan fingerprint density at radius 3 is 2.32 bits per heavy atom. The third kappa shape index (κ3) is 4.60. The van der Waals surface area contributed by atoms with Crippen molar-refractivity contribution in [3.8, 4) is 0 Å². The Kier molecular flexibility index (Phi) is 5.71. The molecule has 2 aromatic carbocycles. The number of nitrogens with one attached hydrogen (secondary N) is 1. The van der Waals surface area contributed by atoms with Crippen LogP contribution >= 0.6 is 0 Å². The number of hydrogen-bond donors (Lipinski definition) is 1. The normalized spacial score (nSPS) is 16.5. The molecule has 0 saturated carbocycles. The minimum Gasteiger partial charge on any atom is -0.369 e. The molecule has 1 amide bonds. The quantitative estimate of drug-likeness (QED) is 0.911. The Bertz CT molecular complexity index is 693. The Balaban J connectivity index is 1.47. The highest BCUT2D eigenvalue weighted by Gasteiger charge is 2.20. The van der Waals surface area contributed by atoms with Crippen LogP contribution in [0.2, 0.25) is 0 Å². The van der Waals surface area contributed by atoms with E-state index in [4.69, 9.17) is 0 Å². The molecule has 1 heterocycles. The highest BCUT2D eigenvalue weighted by atomic mass is 16.2. The van der Waals surface area contributed by atoms with E-state index in [1.54, 1.807) is 0 Å². The number of rotatable bonds is 5. The third-order valence-electron chi connectivity index (χ3n) is 4.87. The summed E-state index contributed by atoms with van der Waals surface area (Å²) in [4.78, 5) is 17.0. The van der Waals surface area contributed by atoms with Crippen LogP contribution in [0.4, 0.5) is 5.69 Å². The molecule has 1 N–H and O–H groups in total. The Morgan fingerprint density at radius 2 is 1.64 bits per heavy atom. The van der Waals surface area contributed by atoms with E-state index in [1.807, 2.05) is 37.3 Å². The van der Waals surface area contributed by atoms with Gasteiger partial charge in [0, 0.05) is 31.9 Å². The van der Waals surface area contributed by atoms with Gasteiger partial charge in [-0.1, -0.05) is 48.5 Å². The van der Waals surface area contributed by atoms with E-state index < -0.39 is 0 Å². The van der Waals surface area contributed by atoms with E-state index in [0.29, 0.717) is 6.54 Å². The number of hydrogen-bond acceptors (Lipinski definition) is 3. The SMILES string of the molecule is Cc1ccccc1N1CCN(CC(=O)N[C@H](C)c2ccccc2)CC1. The van der Waals surface area contributed by atoms with E-state index in [0.717, 1.165) is 31.7 Å². The molecular formula is C21H27N3O. The molecule has 1 aliphatic rings. The lowest BCUT2D eigenvalue weighted by Gasteiger charge is -2.36. The summed E-state index contributed by atoms with van der Waals surface area (Å²) in [6.07, 6.45) is 0. The van der Waals surface area contributed by atoms with Crippen molar-refractivity contribution in [1.29, 1.82) is 0 Å². The van der Waals surface area contributed by atoms with Gasteiger partial charge in [0.2, 0.25) is 5.91 Å². The molecule has 1 saturated heterocycles. The first-order valence-corrected chi connectivity index (χ1v) is 9.01. The Labute approximate surface area is 150 Å². The predicted molar refractivity (Wildman–Crippen MR) is 103 cm³/mol. The molecule has 4 heteroatoms. The van der Waals surface area contributed by atoms with Crippen LogP contribution in [0.25, 0.3) is 0 Å². The van der Waals surface area contributed by atoms with Crippen LogP contribution in [0, 0.1) is 6.92 Å². The van der Waals surface area contributed by atoms with Gasteiger partial charge in [0.25, 0.3) is 0 Å². The zero-order valence-electron chi connectivity index (χ0n) is 15.1. The summed E-state index contributed by atoms with van der Waals surface area (Å²) in [5, 5.41) is 3.10. The van der Waals surface area contributed by atoms with Crippen molar-refractivity contribution in [2.24, 2.45) is 0 Å². The second kappa shape index (κ2) is 8.17. The molecule has 0 aromatic heterocycles. The van der Waals surface area contributed by atoms with E-state index in [-0.39, 0.29) is 11.9 Å². The van der Waals surface area contributed by atoms with Crippen molar-refractivity contribution in [1.82, 2.24) is 10.2 Å². The highest BCUT2D eigenvalue weighted by molar-refractivity contribution is 5.78.